The van der Waals surface area contributed by atoms with Gasteiger partial charge in [0.05, 0.1) is 13.2 Å². The van der Waals surface area contributed by atoms with E-state index in [0.29, 0.717) is 13.0 Å². The molecule has 0 radical (unpaired) electrons. The Morgan fingerprint density at radius 1 is 0.815 bits per heavy atom. The standard InChI is InChI=1S/C22H40O5/c1-2-3-4-5-6-7-8-9-10-11-12-13-14-15-20(24)27-19-17-26-21-18(23)16-25-22(19)21/h18-19,21-23H,2-17H2,1H3/t18-,19+,21+,22+/m0/s1. The van der Waals surface area contributed by atoms with Crippen LogP contribution in [-0.4, -0.2) is 48.7 Å². The molecule has 5 nitrogen and oxygen atoms in total. The van der Waals surface area contributed by atoms with Crippen LogP contribution < -0.4 is 0 Å². The first-order valence-corrected chi connectivity index (χ1v) is 11.3. The van der Waals surface area contributed by atoms with Crippen LogP contribution in [0.4, 0.5) is 0 Å². The Balaban J connectivity index is 1.36. The normalized spacial score (nSPS) is 27.0. The highest BCUT2D eigenvalue weighted by Crippen LogP contribution is 2.29. The predicted molar refractivity (Wildman–Crippen MR) is 106 cm³/mol. The largest absolute Gasteiger partial charge is 0.457 e. The number of ether oxygens (including phenoxy) is 3. The van der Waals surface area contributed by atoms with Crippen molar-refractivity contribution in [3.63, 3.8) is 0 Å². The molecule has 2 aliphatic rings. The van der Waals surface area contributed by atoms with E-state index in [0.717, 1.165) is 12.8 Å². The first kappa shape index (κ1) is 22.6. The second-order valence-corrected chi connectivity index (χ2v) is 8.18. The zero-order chi connectivity index (χ0) is 19.3. The fourth-order valence-corrected chi connectivity index (χ4v) is 4.06. The summed E-state index contributed by atoms with van der Waals surface area (Å²) in [6, 6.07) is 0. The smallest absolute Gasteiger partial charge is 0.306 e. The summed E-state index contributed by atoms with van der Waals surface area (Å²) in [5, 5.41) is 9.70. The molecule has 4 atom stereocenters. The van der Waals surface area contributed by atoms with Gasteiger partial charge in [-0.2, -0.15) is 0 Å². The Bertz CT molecular complexity index is 400. The molecule has 0 aliphatic carbocycles. The molecule has 0 bridgehead atoms. The van der Waals surface area contributed by atoms with Crippen LogP contribution in [-0.2, 0) is 19.0 Å². The maximum absolute atomic E-state index is 12.0. The first-order chi connectivity index (χ1) is 13.2. The van der Waals surface area contributed by atoms with Gasteiger partial charge in [0.25, 0.3) is 0 Å². The molecule has 1 N–H and O–H groups in total. The molecule has 0 aromatic carbocycles. The maximum Gasteiger partial charge on any atom is 0.306 e. The van der Waals surface area contributed by atoms with Crippen molar-refractivity contribution >= 4 is 5.97 Å². The summed E-state index contributed by atoms with van der Waals surface area (Å²) in [6.45, 7) is 2.86. The summed E-state index contributed by atoms with van der Waals surface area (Å²) in [7, 11) is 0. The summed E-state index contributed by atoms with van der Waals surface area (Å²) in [5.74, 6) is -0.169. The third-order valence-electron chi connectivity index (χ3n) is 5.75. The van der Waals surface area contributed by atoms with Crippen molar-refractivity contribution in [3.05, 3.63) is 0 Å². The molecule has 2 saturated heterocycles. The summed E-state index contributed by atoms with van der Waals surface area (Å²) in [4.78, 5) is 12.0. The second-order valence-electron chi connectivity index (χ2n) is 8.18. The van der Waals surface area contributed by atoms with Crippen molar-refractivity contribution in [3.8, 4) is 0 Å². The van der Waals surface area contributed by atoms with Gasteiger partial charge in [-0.1, -0.05) is 84.0 Å². The van der Waals surface area contributed by atoms with Crippen LogP contribution in [0.5, 0.6) is 0 Å². The summed E-state index contributed by atoms with van der Waals surface area (Å²) in [6.07, 6.45) is 15.7. The molecule has 2 fully saturated rings. The van der Waals surface area contributed by atoms with Gasteiger partial charge in [0.2, 0.25) is 0 Å². The summed E-state index contributed by atoms with van der Waals surface area (Å²) < 4.78 is 16.4. The molecule has 2 heterocycles. The lowest BCUT2D eigenvalue weighted by molar-refractivity contribution is -0.153. The molecule has 0 spiro atoms. The van der Waals surface area contributed by atoms with E-state index in [9.17, 15) is 9.90 Å². The molecule has 5 heteroatoms. The highest BCUT2D eigenvalue weighted by Gasteiger charge is 2.48. The van der Waals surface area contributed by atoms with Gasteiger partial charge in [-0.15, -0.1) is 0 Å². The van der Waals surface area contributed by atoms with Crippen LogP contribution in [0.15, 0.2) is 0 Å². The van der Waals surface area contributed by atoms with Gasteiger partial charge in [0.15, 0.2) is 6.10 Å². The highest BCUT2D eigenvalue weighted by atomic mass is 16.6. The lowest BCUT2D eigenvalue weighted by Gasteiger charge is -2.16. The molecule has 0 unspecified atom stereocenters. The SMILES string of the molecule is CCCCCCCCCCCCCCCC(=O)O[C@@H]1CO[C@H]2[C@@H]1OC[C@@H]2O. The minimum Gasteiger partial charge on any atom is -0.457 e. The highest BCUT2D eigenvalue weighted by molar-refractivity contribution is 5.69. The van der Waals surface area contributed by atoms with E-state index in [-0.39, 0.29) is 30.9 Å². The third kappa shape index (κ3) is 8.49. The third-order valence-corrected chi connectivity index (χ3v) is 5.75. The number of esters is 1. The van der Waals surface area contributed by atoms with Crippen LogP contribution in [0.3, 0.4) is 0 Å². The Labute approximate surface area is 165 Å². The fourth-order valence-electron chi connectivity index (χ4n) is 4.06. The molecular formula is C22H40O5. The Kier molecular flexibility index (Phi) is 11.3. The van der Waals surface area contributed by atoms with Crippen molar-refractivity contribution in [2.45, 2.75) is 121 Å². The molecule has 2 aliphatic heterocycles. The molecular weight excluding hydrogens is 344 g/mol. The predicted octanol–water partition coefficient (Wildman–Crippen LogP) is 4.54. The minimum atomic E-state index is -0.597. The van der Waals surface area contributed by atoms with Gasteiger partial charge in [0.1, 0.15) is 18.3 Å². The van der Waals surface area contributed by atoms with Gasteiger partial charge >= 0.3 is 5.97 Å². The van der Waals surface area contributed by atoms with Crippen LogP contribution in [0, 0.1) is 0 Å². The number of aliphatic hydroxyl groups excluding tert-OH is 1. The number of fused-ring (bicyclic) bond motifs is 1. The number of hydrogen-bond donors (Lipinski definition) is 1. The van der Waals surface area contributed by atoms with Crippen molar-refractivity contribution in [2.24, 2.45) is 0 Å². The number of rotatable bonds is 15. The molecule has 158 valence electrons. The van der Waals surface area contributed by atoms with Crippen LogP contribution in [0.25, 0.3) is 0 Å². The lowest BCUT2D eigenvalue weighted by Crippen LogP contribution is -2.34. The Morgan fingerprint density at radius 3 is 1.93 bits per heavy atom. The number of aliphatic hydroxyl groups is 1. The quantitative estimate of drug-likeness (QED) is 0.332. The number of hydrogen-bond acceptors (Lipinski definition) is 5. The minimum absolute atomic E-state index is 0.169. The number of carbonyl (C=O) groups is 1. The van der Waals surface area contributed by atoms with Crippen molar-refractivity contribution < 1.29 is 24.1 Å². The lowest BCUT2D eigenvalue weighted by atomic mass is 10.0. The van der Waals surface area contributed by atoms with E-state index in [4.69, 9.17) is 14.2 Å². The monoisotopic (exact) mass is 384 g/mol. The van der Waals surface area contributed by atoms with Crippen molar-refractivity contribution in [1.29, 1.82) is 0 Å². The van der Waals surface area contributed by atoms with Gasteiger partial charge in [-0.05, 0) is 6.42 Å². The first-order valence-electron chi connectivity index (χ1n) is 11.3. The van der Waals surface area contributed by atoms with Crippen molar-refractivity contribution in [1.82, 2.24) is 0 Å². The summed E-state index contributed by atoms with van der Waals surface area (Å²) in [5.41, 5.74) is 0. The van der Waals surface area contributed by atoms with E-state index in [2.05, 4.69) is 6.92 Å². The molecule has 27 heavy (non-hydrogen) atoms. The van der Waals surface area contributed by atoms with E-state index in [1.54, 1.807) is 0 Å². The van der Waals surface area contributed by atoms with Gasteiger partial charge in [0, 0.05) is 6.42 Å². The maximum atomic E-state index is 12.0. The molecule has 0 aromatic rings. The average Bonchev–Trinajstić information content (AvgIpc) is 3.22. The van der Waals surface area contributed by atoms with Crippen LogP contribution in [0.2, 0.25) is 0 Å². The molecule has 0 saturated carbocycles. The summed E-state index contributed by atoms with van der Waals surface area (Å²) >= 11 is 0. The van der Waals surface area contributed by atoms with Gasteiger partial charge < -0.3 is 19.3 Å². The van der Waals surface area contributed by atoms with E-state index in [1.165, 1.54) is 70.6 Å². The van der Waals surface area contributed by atoms with E-state index in [1.807, 2.05) is 0 Å². The Hall–Kier alpha value is -0.650. The molecule has 2 rings (SSSR count). The Morgan fingerprint density at radius 2 is 1.33 bits per heavy atom. The van der Waals surface area contributed by atoms with Gasteiger partial charge in [-0.25, -0.2) is 0 Å². The van der Waals surface area contributed by atoms with E-state index < -0.39 is 6.10 Å². The molecule has 0 amide bonds. The van der Waals surface area contributed by atoms with Crippen LogP contribution >= 0.6 is 0 Å². The molecule has 0 aromatic heterocycles. The van der Waals surface area contributed by atoms with E-state index >= 15 is 0 Å². The fraction of sp³-hybridized carbons (Fsp3) is 0.955. The second kappa shape index (κ2) is 13.5. The zero-order valence-corrected chi connectivity index (χ0v) is 17.2. The van der Waals surface area contributed by atoms with Crippen molar-refractivity contribution in [2.75, 3.05) is 13.2 Å². The average molecular weight is 385 g/mol. The number of carbonyl (C=O) groups excluding carboxylic acids is 1. The topological polar surface area (TPSA) is 65.0 Å². The van der Waals surface area contributed by atoms with Crippen LogP contribution in [0.1, 0.15) is 96.8 Å². The van der Waals surface area contributed by atoms with Gasteiger partial charge in [-0.3, -0.25) is 4.79 Å². The zero-order valence-electron chi connectivity index (χ0n) is 17.2. The number of unbranched alkanes of at least 4 members (excludes halogenated alkanes) is 12.